The number of carbonyl (C=O) groups is 1. The fraction of sp³-hybridized carbons (Fsp3) is 0.857. The molecule has 0 aliphatic heterocycles. The molecule has 0 bridgehead atoms. The van der Waals surface area contributed by atoms with Gasteiger partial charge in [-0.2, -0.15) is 0 Å². The molecule has 0 heterocycles. The van der Waals surface area contributed by atoms with Crippen molar-refractivity contribution in [1.82, 2.24) is 0 Å². The van der Waals surface area contributed by atoms with Gasteiger partial charge in [0.25, 0.3) is 5.97 Å². The number of hydrogen-bond acceptors (Lipinski definition) is 3. The van der Waals surface area contributed by atoms with Crippen LogP contribution < -0.4 is 0 Å². The first-order chi connectivity index (χ1) is 5.06. The molecule has 0 aliphatic carbocycles. The van der Waals surface area contributed by atoms with Gasteiger partial charge in [0.2, 0.25) is 0 Å². The monoisotopic (exact) mass is 176 g/mol. The molecular formula is C7H16O3Si. The lowest BCUT2D eigenvalue weighted by atomic mass is 10.5. The third kappa shape index (κ3) is 6.06. The predicted octanol–water partition coefficient (Wildman–Crippen LogP) is 1.21. The van der Waals surface area contributed by atoms with E-state index in [4.69, 9.17) is 8.85 Å². The van der Waals surface area contributed by atoms with E-state index in [-0.39, 0.29) is 12.1 Å². The van der Waals surface area contributed by atoms with E-state index < -0.39 is 9.28 Å². The summed E-state index contributed by atoms with van der Waals surface area (Å²) in [4.78, 5) is 10.7. The van der Waals surface area contributed by atoms with Crippen molar-refractivity contribution in [1.29, 1.82) is 0 Å². The fourth-order valence-corrected chi connectivity index (χ4v) is 2.04. The molecule has 0 aliphatic rings. The molecule has 0 aromatic heterocycles. The molecule has 11 heavy (non-hydrogen) atoms. The Hall–Kier alpha value is -0.353. The highest BCUT2D eigenvalue weighted by Crippen LogP contribution is 1.96. The van der Waals surface area contributed by atoms with E-state index in [0.29, 0.717) is 6.42 Å². The highest BCUT2D eigenvalue weighted by atomic mass is 28.3. The highest BCUT2D eigenvalue weighted by molar-refractivity contribution is 6.45. The van der Waals surface area contributed by atoms with Crippen LogP contribution in [0.2, 0.25) is 6.55 Å². The summed E-state index contributed by atoms with van der Waals surface area (Å²) >= 11 is 0. The minimum absolute atomic E-state index is 0.154. The van der Waals surface area contributed by atoms with Crippen LogP contribution in [0, 0.1) is 0 Å². The first kappa shape index (κ1) is 10.6. The van der Waals surface area contributed by atoms with Crippen LogP contribution in [0.15, 0.2) is 0 Å². The van der Waals surface area contributed by atoms with Gasteiger partial charge in [0.05, 0.1) is 0 Å². The van der Waals surface area contributed by atoms with E-state index >= 15 is 0 Å². The van der Waals surface area contributed by atoms with E-state index in [1.54, 1.807) is 6.92 Å². The second kappa shape index (κ2) is 5.32. The quantitative estimate of drug-likeness (QED) is 0.604. The van der Waals surface area contributed by atoms with Crippen LogP contribution in [-0.2, 0) is 13.6 Å². The van der Waals surface area contributed by atoms with Gasteiger partial charge in [0, 0.05) is 12.5 Å². The van der Waals surface area contributed by atoms with Crippen molar-refractivity contribution in [2.45, 2.75) is 39.8 Å². The fourth-order valence-electron chi connectivity index (χ4n) is 0.679. The zero-order chi connectivity index (χ0) is 8.85. The van der Waals surface area contributed by atoms with Crippen LogP contribution in [0.4, 0.5) is 0 Å². The van der Waals surface area contributed by atoms with Crippen molar-refractivity contribution >= 4 is 15.3 Å². The maximum Gasteiger partial charge on any atom is 0.382 e. The summed E-state index contributed by atoms with van der Waals surface area (Å²) in [5, 5.41) is 0. The largest absolute Gasteiger partial charge is 0.497 e. The van der Waals surface area contributed by atoms with Crippen molar-refractivity contribution < 1.29 is 13.6 Å². The van der Waals surface area contributed by atoms with Crippen LogP contribution in [0.5, 0.6) is 0 Å². The van der Waals surface area contributed by atoms with Gasteiger partial charge in [-0.25, -0.2) is 0 Å². The Morgan fingerprint density at radius 2 is 2.09 bits per heavy atom. The first-order valence-corrected chi connectivity index (χ1v) is 6.01. The Bertz CT molecular complexity index is 125. The molecule has 0 fully saturated rings. The van der Waals surface area contributed by atoms with Gasteiger partial charge < -0.3 is 8.85 Å². The molecule has 0 N–H and O–H groups in total. The smallest absolute Gasteiger partial charge is 0.382 e. The summed E-state index contributed by atoms with van der Waals surface area (Å²) in [6.07, 6.45) is 0.583. The van der Waals surface area contributed by atoms with Gasteiger partial charge in [0.1, 0.15) is 0 Å². The summed E-state index contributed by atoms with van der Waals surface area (Å²) < 4.78 is 10.3. The molecule has 0 aromatic rings. The Balaban J connectivity index is 3.51. The zero-order valence-electron chi connectivity index (χ0n) is 7.59. The van der Waals surface area contributed by atoms with Crippen LogP contribution in [0.25, 0.3) is 0 Å². The van der Waals surface area contributed by atoms with Crippen LogP contribution in [-0.4, -0.2) is 21.4 Å². The maximum absolute atomic E-state index is 10.7. The third-order valence-electron chi connectivity index (χ3n) is 1.05. The van der Waals surface area contributed by atoms with Gasteiger partial charge in [0.15, 0.2) is 0 Å². The van der Waals surface area contributed by atoms with Crippen molar-refractivity contribution in [2.75, 3.05) is 0 Å². The second-order valence-electron chi connectivity index (χ2n) is 2.60. The normalized spacial score (nSPS) is 13.2. The summed E-state index contributed by atoms with van der Waals surface area (Å²) in [7, 11) is -1.69. The summed E-state index contributed by atoms with van der Waals surface area (Å²) in [6.45, 7) is 7.50. The summed E-state index contributed by atoms with van der Waals surface area (Å²) in [5.74, 6) is -0.162. The van der Waals surface area contributed by atoms with Gasteiger partial charge in [-0.15, -0.1) is 0 Å². The van der Waals surface area contributed by atoms with E-state index in [9.17, 15) is 4.79 Å². The molecule has 1 unspecified atom stereocenters. The summed E-state index contributed by atoms with van der Waals surface area (Å²) in [5.41, 5.74) is 0. The second-order valence-corrected chi connectivity index (χ2v) is 4.24. The van der Waals surface area contributed by atoms with E-state index in [0.717, 1.165) is 0 Å². The van der Waals surface area contributed by atoms with Gasteiger partial charge >= 0.3 is 9.28 Å². The van der Waals surface area contributed by atoms with Crippen molar-refractivity contribution in [3.63, 3.8) is 0 Å². The lowest BCUT2D eigenvalue weighted by Crippen LogP contribution is -2.25. The minimum atomic E-state index is -1.69. The number of carbonyl (C=O) groups excluding carboxylic acids is 1. The van der Waals surface area contributed by atoms with Crippen molar-refractivity contribution in [3.8, 4) is 0 Å². The average molecular weight is 176 g/mol. The molecule has 0 saturated heterocycles. The van der Waals surface area contributed by atoms with E-state index in [2.05, 4.69) is 0 Å². The lowest BCUT2D eigenvalue weighted by molar-refractivity contribution is -0.135. The van der Waals surface area contributed by atoms with Crippen LogP contribution in [0.3, 0.4) is 0 Å². The van der Waals surface area contributed by atoms with Gasteiger partial charge in [-0.3, -0.25) is 4.79 Å². The van der Waals surface area contributed by atoms with E-state index in [1.807, 2.05) is 20.4 Å². The molecule has 66 valence electrons. The lowest BCUT2D eigenvalue weighted by Gasteiger charge is -2.14. The molecule has 0 saturated carbocycles. The molecule has 0 rings (SSSR count). The molecule has 1 atom stereocenters. The Morgan fingerprint density at radius 3 is 2.45 bits per heavy atom. The number of hydrogen-bond donors (Lipinski definition) is 0. The van der Waals surface area contributed by atoms with Gasteiger partial charge in [-0.1, -0.05) is 6.92 Å². The summed E-state index contributed by atoms with van der Waals surface area (Å²) in [6, 6.07) is 0. The first-order valence-electron chi connectivity index (χ1n) is 3.91. The van der Waals surface area contributed by atoms with Gasteiger partial charge in [-0.05, 0) is 20.4 Å². The molecule has 0 spiro atoms. The molecule has 0 amide bonds. The zero-order valence-corrected chi connectivity index (χ0v) is 8.74. The van der Waals surface area contributed by atoms with Crippen molar-refractivity contribution in [3.05, 3.63) is 0 Å². The van der Waals surface area contributed by atoms with Crippen LogP contribution >= 0.6 is 0 Å². The van der Waals surface area contributed by atoms with E-state index in [1.165, 1.54) is 0 Å². The predicted molar refractivity (Wildman–Crippen MR) is 45.6 cm³/mol. The number of rotatable bonds is 4. The minimum Gasteiger partial charge on any atom is -0.497 e. The Labute approximate surface area is 69.5 Å². The van der Waals surface area contributed by atoms with Crippen molar-refractivity contribution in [2.24, 2.45) is 0 Å². The highest BCUT2D eigenvalue weighted by Gasteiger charge is 2.11. The average Bonchev–Trinajstić information content (AvgIpc) is 1.85. The molecular weight excluding hydrogens is 160 g/mol. The third-order valence-corrected chi connectivity index (χ3v) is 2.57. The Morgan fingerprint density at radius 1 is 1.55 bits per heavy atom. The topological polar surface area (TPSA) is 35.5 Å². The maximum atomic E-state index is 10.7. The Kier molecular flexibility index (Phi) is 5.15. The molecule has 4 heteroatoms. The SMILES string of the molecule is CCC(=O)O[SiH](C)OC(C)C. The van der Waals surface area contributed by atoms with Crippen LogP contribution in [0.1, 0.15) is 27.2 Å². The molecule has 0 radical (unpaired) electrons. The standard InChI is InChI=1S/C7H16O3Si/c1-5-7(8)10-11(4)9-6(2)3/h6,11H,5H2,1-4H3. The molecule has 0 aromatic carbocycles. The molecule has 3 nitrogen and oxygen atoms in total.